The molecule has 1 aliphatic rings. The lowest BCUT2D eigenvalue weighted by Crippen LogP contribution is -2.48. The molecule has 168 valence electrons. The van der Waals surface area contributed by atoms with Crippen LogP contribution in [0.5, 0.6) is 0 Å². The Morgan fingerprint density at radius 1 is 1.12 bits per heavy atom. The molecule has 2 aromatic carbocycles. The van der Waals surface area contributed by atoms with Gasteiger partial charge in [-0.15, -0.1) is 11.3 Å². The minimum absolute atomic E-state index is 0.144. The van der Waals surface area contributed by atoms with Crippen molar-refractivity contribution in [1.82, 2.24) is 9.29 Å². The number of amides is 1. The van der Waals surface area contributed by atoms with Gasteiger partial charge in [-0.25, -0.2) is 13.4 Å². The van der Waals surface area contributed by atoms with Gasteiger partial charge >= 0.3 is 0 Å². The number of carbonyl (C=O) groups is 1. The topological polar surface area (TPSA) is 88.6 Å². The molecule has 1 N–H and O–H groups in total. The normalized spacial score (nSPS) is 19.6. The third-order valence-electron chi connectivity index (χ3n) is 5.01. The molecule has 7 nitrogen and oxygen atoms in total. The van der Waals surface area contributed by atoms with Crippen LogP contribution >= 0.6 is 22.9 Å². The second kappa shape index (κ2) is 9.29. The lowest BCUT2D eigenvalue weighted by atomic mass is 10.2. The van der Waals surface area contributed by atoms with Crippen LogP contribution in [0.25, 0.3) is 11.3 Å². The zero-order valence-corrected chi connectivity index (χ0v) is 19.9. The third kappa shape index (κ3) is 4.87. The Balaban J connectivity index is 1.46. The lowest BCUT2D eigenvalue weighted by Gasteiger charge is -2.34. The summed E-state index contributed by atoms with van der Waals surface area (Å²) in [6.45, 7) is 4.29. The standard InChI is InChI=1S/C22H22ClN3O4S2/c1-14-11-26(12-15(2)30-14)32(28,29)17-9-7-16(8-10-17)21(27)25-22-24-20(13-31-22)18-5-3-4-6-19(18)23/h3-10,13-15H,11-12H2,1-2H3,(H,24,25,27). The molecule has 2 atom stereocenters. The first kappa shape index (κ1) is 22.9. The summed E-state index contributed by atoms with van der Waals surface area (Å²) in [5.74, 6) is -0.373. The van der Waals surface area contributed by atoms with Crippen LogP contribution in [0, 0.1) is 0 Å². The number of aromatic nitrogens is 1. The van der Waals surface area contributed by atoms with Gasteiger partial charge in [-0.1, -0.05) is 29.8 Å². The fourth-order valence-corrected chi connectivity index (χ4v) is 6.08. The quantitative estimate of drug-likeness (QED) is 0.567. The fourth-order valence-electron chi connectivity index (χ4n) is 3.55. The van der Waals surface area contributed by atoms with E-state index in [4.69, 9.17) is 16.3 Å². The second-order valence-corrected chi connectivity index (χ2v) is 10.8. The lowest BCUT2D eigenvalue weighted by molar-refractivity contribution is -0.0440. The van der Waals surface area contributed by atoms with Crippen LogP contribution in [0.2, 0.25) is 5.02 Å². The molecule has 32 heavy (non-hydrogen) atoms. The minimum atomic E-state index is -3.66. The number of carbonyl (C=O) groups excluding carboxylic acids is 1. The van der Waals surface area contributed by atoms with E-state index >= 15 is 0 Å². The average molecular weight is 492 g/mol. The van der Waals surface area contributed by atoms with Crippen LogP contribution in [0.3, 0.4) is 0 Å². The number of hydrogen-bond acceptors (Lipinski definition) is 6. The predicted octanol–water partition coefficient (Wildman–Crippen LogP) is 4.51. The van der Waals surface area contributed by atoms with Crippen LogP contribution in [0.1, 0.15) is 24.2 Å². The maximum atomic E-state index is 13.0. The van der Waals surface area contributed by atoms with E-state index in [9.17, 15) is 13.2 Å². The van der Waals surface area contributed by atoms with Gasteiger partial charge in [0.05, 0.1) is 22.8 Å². The molecule has 1 aromatic heterocycles. The summed E-state index contributed by atoms with van der Waals surface area (Å²) in [6.07, 6.45) is -0.347. The van der Waals surface area contributed by atoms with E-state index in [-0.39, 0.29) is 23.0 Å². The largest absolute Gasteiger partial charge is 0.373 e. The van der Waals surface area contributed by atoms with Crippen molar-refractivity contribution in [2.45, 2.75) is 31.0 Å². The first-order valence-electron chi connectivity index (χ1n) is 10.0. The van der Waals surface area contributed by atoms with Crippen molar-refractivity contribution in [2.75, 3.05) is 18.4 Å². The molecule has 1 fully saturated rings. The number of halogens is 1. The molecule has 2 unspecified atom stereocenters. The van der Waals surface area contributed by atoms with Crippen molar-refractivity contribution < 1.29 is 17.9 Å². The third-order valence-corrected chi connectivity index (χ3v) is 7.95. The van der Waals surface area contributed by atoms with Crippen molar-refractivity contribution in [1.29, 1.82) is 0 Å². The summed E-state index contributed by atoms with van der Waals surface area (Å²) in [6, 6.07) is 13.2. The summed E-state index contributed by atoms with van der Waals surface area (Å²) in [5.41, 5.74) is 1.79. The van der Waals surface area contributed by atoms with Gasteiger partial charge in [0, 0.05) is 34.6 Å². The van der Waals surface area contributed by atoms with Gasteiger partial charge in [-0.3, -0.25) is 10.1 Å². The van der Waals surface area contributed by atoms with Gasteiger partial charge in [0.25, 0.3) is 5.91 Å². The number of hydrogen-bond donors (Lipinski definition) is 1. The van der Waals surface area contributed by atoms with E-state index in [0.29, 0.717) is 34.5 Å². The van der Waals surface area contributed by atoms with Crippen molar-refractivity contribution in [3.8, 4) is 11.3 Å². The zero-order chi connectivity index (χ0) is 22.9. The number of nitrogens with zero attached hydrogens (tertiary/aromatic N) is 2. The Morgan fingerprint density at radius 2 is 1.78 bits per heavy atom. The van der Waals surface area contributed by atoms with Crippen LogP contribution in [-0.2, 0) is 14.8 Å². The Kier molecular flexibility index (Phi) is 6.64. The van der Waals surface area contributed by atoms with Crippen molar-refractivity contribution >= 4 is 44.0 Å². The number of sulfonamides is 1. The van der Waals surface area contributed by atoms with Crippen LogP contribution in [-0.4, -0.2) is 48.9 Å². The Labute approximate surface area is 196 Å². The first-order chi connectivity index (χ1) is 15.2. The number of nitrogens with one attached hydrogen (secondary N) is 1. The van der Waals surface area contributed by atoms with Crippen molar-refractivity contribution in [2.24, 2.45) is 0 Å². The second-order valence-electron chi connectivity index (χ2n) is 7.58. The maximum absolute atomic E-state index is 13.0. The number of benzene rings is 2. The summed E-state index contributed by atoms with van der Waals surface area (Å²) < 4.78 is 33.0. The highest BCUT2D eigenvalue weighted by molar-refractivity contribution is 7.89. The SMILES string of the molecule is CC1CN(S(=O)(=O)c2ccc(C(=O)Nc3nc(-c4ccccc4Cl)cs3)cc2)CC(C)O1. The van der Waals surface area contributed by atoms with Crippen LogP contribution in [0.4, 0.5) is 5.13 Å². The minimum Gasteiger partial charge on any atom is -0.373 e. The van der Waals surface area contributed by atoms with Gasteiger partial charge in [0.2, 0.25) is 10.0 Å². The summed E-state index contributed by atoms with van der Waals surface area (Å²) in [5, 5.41) is 5.58. The van der Waals surface area contributed by atoms with E-state index in [2.05, 4.69) is 10.3 Å². The Hall–Kier alpha value is -2.30. The number of anilines is 1. The number of ether oxygens (including phenoxy) is 1. The van der Waals surface area contributed by atoms with E-state index < -0.39 is 10.0 Å². The van der Waals surface area contributed by atoms with Gasteiger partial charge < -0.3 is 4.74 Å². The van der Waals surface area contributed by atoms with Gasteiger partial charge in [0.15, 0.2) is 5.13 Å². The first-order valence-corrected chi connectivity index (χ1v) is 12.7. The highest BCUT2D eigenvalue weighted by atomic mass is 35.5. The molecule has 1 aliphatic heterocycles. The van der Waals surface area contributed by atoms with E-state index in [1.54, 1.807) is 6.07 Å². The van der Waals surface area contributed by atoms with Gasteiger partial charge in [-0.05, 0) is 44.2 Å². The maximum Gasteiger partial charge on any atom is 0.257 e. The molecule has 2 heterocycles. The monoisotopic (exact) mass is 491 g/mol. The molecule has 0 spiro atoms. The molecule has 0 saturated carbocycles. The average Bonchev–Trinajstić information content (AvgIpc) is 3.21. The smallest absolute Gasteiger partial charge is 0.257 e. The summed E-state index contributed by atoms with van der Waals surface area (Å²) in [4.78, 5) is 17.2. The Morgan fingerprint density at radius 3 is 2.44 bits per heavy atom. The molecule has 0 bridgehead atoms. The molecule has 1 saturated heterocycles. The fraction of sp³-hybridized carbons (Fsp3) is 0.273. The zero-order valence-electron chi connectivity index (χ0n) is 17.5. The van der Waals surface area contributed by atoms with E-state index in [1.807, 2.05) is 37.4 Å². The van der Waals surface area contributed by atoms with Crippen LogP contribution < -0.4 is 5.32 Å². The van der Waals surface area contributed by atoms with Crippen molar-refractivity contribution in [3.05, 3.63) is 64.5 Å². The molecule has 10 heteroatoms. The van der Waals surface area contributed by atoms with E-state index in [1.165, 1.54) is 39.9 Å². The molecule has 0 radical (unpaired) electrons. The molecule has 1 amide bonds. The summed E-state index contributed by atoms with van der Waals surface area (Å²) >= 11 is 7.50. The highest BCUT2D eigenvalue weighted by Gasteiger charge is 2.32. The highest BCUT2D eigenvalue weighted by Crippen LogP contribution is 2.30. The molecule has 3 aromatic rings. The van der Waals surface area contributed by atoms with Gasteiger partial charge in [0.1, 0.15) is 0 Å². The van der Waals surface area contributed by atoms with E-state index in [0.717, 1.165) is 5.56 Å². The Bertz CT molecular complexity index is 1220. The molecular formula is C22H22ClN3O4S2. The number of rotatable bonds is 5. The molecule has 0 aliphatic carbocycles. The van der Waals surface area contributed by atoms with Gasteiger partial charge in [-0.2, -0.15) is 4.31 Å². The van der Waals surface area contributed by atoms with Crippen molar-refractivity contribution in [3.63, 3.8) is 0 Å². The van der Waals surface area contributed by atoms with Crippen LogP contribution in [0.15, 0.2) is 58.8 Å². The molecule has 4 rings (SSSR count). The number of morpholine rings is 1. The predicted molar refractivity (Wildman–Crippen MR) is 126 cm³/mol. The number of thiazole rings is 1. The molecular weight excluding hydrogens is 470 g/mol. The summed E-state index contributed by atoms with van der Waals surface area (Å²) in [7, 11) is -3.66.